The fraction of sp³-hybridized carbons (Fsp3) is 0.786. The average molecular weight is 282 g/mol. The number of nitrogens with zero attached hydrogens (tertiary/aromatic N) is 1. The molecular formula is C14H22N2O4. The molecule has 0 spiro atoms. The molecule has 20 heavy (non-hydrogen) atoms. The van der Waals surface area contributed by atoms with Gasteiger partial charge in [0.1, 0.15) is 0 Å². The van der Waals surface area contributed by atoms with E-state index in [0.717, 1.165) is 12.8 Å². The predicted molar refractivity (Wildman–Crippen MR) is 71.7 cm³/mol. The lowest BCUT2D eigenvalue weighted by Crippen LogP contribution is -2.41. The first-order valence-electron chi connectivity index (χ1n) is 7.10. The van der Waals surface area contributed by atoms with Crippen molar-refractivity contribution in [2.24, 2.45) is 16.6 Å². The fourth-order valence-corrected chi connectivity index (χ4v) is 3.29. The summed E-state index contributed by atoms with van der Waals surface area (Å²) >= 11 is 0. The normalized spacial score (nSPS) is 28.6. The summed E-state index contributed by atoms with van der Waals surface area (Å²) in [5.74, 6) is -1.44. The summed E-state index contributed by atoms with van der Waals surface area (Å²) < 4.78 is 0. The van der Waals surface area contributed by atoms with Crippen molar-refractivity contribution in [1.82, 2.24) is 4.90 Å². The summed E-state index contributed by atoms with van der Waals surface area (Å²) in [6.07, 6.45) is 3.44. The number of amides is 2. The molecule has 0 aromatic carbocycles. The van der Waals surface area contributed by atoms with Crippen LogP contribution >= 0.6 is 0 Å². The average Bonchev–Trinajstić information content (AvgIpc) is 2.97. The molecule has 0 bridgehead atoms. The highest BCUT2D eigenvalue weighted by Crippen LogP contribution is 2.42. The van der Waals surface area contributed by atoms with E-state index < -0.39 is 22.7 Å². The first-order valence-corrected chi connectivity index (χ1v) is 7.10. The van der Waals surface area contributed by atoms with Gasteiger partial charge in [0.2, 0.25) is 11.8 Å². The molecule has 112 valence electrons. The van der Waals surface area contributed by atoms with Gasteiger partial charge in [-0.15, -0.1) is 0 Å². The minimum absolute atomic E-state index is 0.0389. The van der Waals surface area contributed by atoms with Crippen molar-refractivity contribution in [1.29, 1.82) is 0 Å². The molecule has 6 nitrogen and oxygen atoms in total. The number of likely N-dealkylation sites (tertiary alicyclic amines) is 1. The zero-order valence-corrected chi connectivity index (χ0v) is 11.9. The number of hydrogen-bond acceptors (Lipinski definition) is 3. The maximum atomic E-state index is 12.3. The Labute approximate surface area is 118 Å². The second-order valence-electron chi connectivity index (χ2n) is 6.46. The Hall–Kier alpha value is -1.59. The van der Waals surface area contributed by atoms with Crippen LogP contribution in [0, 0.1) is 10.8 Å². The third-order valence-electron chi connectivity index (χ3n) is 4.92. The number of rotatable bonds is 4. The summed E-state index contributed by atoms with van der Waals surface area (Å²) in [6.45, 7) is 2.54. The molecule has 1 atom stereocenters. The summed E-state index contributed by atoms with van der Waals surface area (Å²) in [4.78, 5) is 36.8. The van der Waals surface area contributed by atoms with E-state index in [9.17, 15) is 19.5 Å². The summed E-state index contributed by atoms with van der Waals surface area (Å²) in [5, 5.41) is 9.40. The van der Waals surface area contributed by atoms with Gasteiger partial charge in [-0.3, -0.25) is 14.4 Å². The second-order valence-corrected chi connectivity index (χ2v) is 6.46. The first kappa shape index (κ1) is 14.8. The van der Waals surface area contributed by atoms with Crippen LogP contribution in [0.5, 0.6) is 0 Å². The highest BCUT2D eigenvalue weighted by molar-refractivity contribution is 5.87. The number of carboxylic acids is 1. The Morgan fingerprint density at radius 3 is 2.25 bits per heavy atom. The number of carboxylic acid groups (broad SMARTS) is 1. The van der Waals surface area contributed by atoms with Crippen LogP contribution in [0.1, 0.15) is 45.4 Å². The van der Waals surface area contributed by atoms with Crippen LogP contribution in [0.2, 0.25) is 0 Å². The largest absolute Gasteiger partial charge is 0.481 e. The van der Waals surface area contributed by atoms with E-state index in [4.69, 9.17) is 5.73 Å². The number of nitrogens with two attached hydrogens (primary N) is 1. The van der Waals surface area contributed by atoms with E-state index in [1.807, 2.05) is 0 Å². The molecule has 0 aromatic heterocycles. The molecule has 2 aliphatic rings. The minimum Gasteiger partial charge on any atom is -0.481 e. The molecule has 1 aliphatic carbocycles. The Bertz CT molecular complexity index is 442. The van der Waals surface area contributed by atoms with Crippen LogP contribution in [-0.4, -0.2) is 40.9 Å². The zero-order chi connectivity index (χ0) is 15.0. The van der Waals surface area contributed by atoms with E-state index >= 15 is 0 Å². The molecule has 2 fully saturated rings. The van der Waals surface area contributed by atoms with E-state index in [-0.39, 0.29) is 12.3 Å². The SMILES string of the molecule is CC1(C(N)=O)CCN(C(=O)CC2(C(=O)O)CCCC2)C1. The second kappa shape index (κ2) is 5.07. The molecule has 1 heterocycles. The summed E-state index contributed by atoms with van der Waals surface area (Å²) in [6, 6.07) is 0. The van der Waals surface area contributed by atoms with Gasteiger partial charge in [0, 0.05) is 19.5 Å². The molecule has 1 aliphatic heterocycles. The molecule has 2 amide bonds. The predicted octanol–water partition coefficient (Wildman–Crippen LogP) is 0.745. The van der Waals surface area contributed by atoms with Crippen molar-refractivity contribution in [3.05, 3.63) is 0 Å². The fourth-order valence-electron chi connectivity index (χ4n) is 3.29. The molecule has 3 N–H and O–H groups in total. The molecule has 6 heteroatoms. The summed E-state index contributed by atoms with van der Waals surface area (Å²) in [5.41, 5.74) is 3.78. The molecule has 2 rings (SSSR count). The van der Waals surface area contributed by atoms with Crippen LogP contribution < -0.4 is 5.73 Å². The lowest BCUT2D eigenvalue weighted by atomic mass is 9.82. The van der Waals surface area contributed by atoms with Gasteiger partial charge in [-0.05, 0) is 26.2 Å². The first-order chi connectivity index (χ1) is 9.29. The van der Waals surface area contributed by atoms with Gasteiger partial charge in [0.25, 0.3) is 0 Å². The van der Waals surface area contributed by atoms with Crippen molar-refractivity contribution in [3.63, 3.8) is 0 Å². The molecule has 0 aromatic rings. The number of aliphatic carboxylic acids is 1. The van der Waals surface area contributed by atoms with Gasteiger partial charge in [0.05, 0.1) is 10.8 Å². The maximum Gasteiger partial charge on any atom is 0.310 e. The van der Waals surface area contributed by atoms with Gasteiger partial charge in [-0.1, -0.05) is 12.8 Å². The lowest BCUT2D eigenvalue weighted by molar-refractivity contribution is -0.153. The minimum atomic E-state index is -0.900. The van der Waals surface area contributed by atoms with Crippen molar-refractivity contribution >= 4 is 17.8 Å². The lowest BCUT2D eigenvalue weighted by Gasteiger charge is -2.27. The Balaban J connectivity index is 2.03. The Morgan fingerprint density at radius 2 is 1.80 bits per heavy atom. The number of carbonyl (C=O) groups excluding carboxylic acids is 2. The Kier molecular flexibility index (Phi) is 3.75. The number of carbonyl (C=O) groups is 3. The van der Waals surface area contributed by atoms with Crippen LogP contribution in [0.15, 0.2) is 0 Å². The van der Waals surface area contributed by atoms with Crippen LogP contribution in [0.25, 0.3) is 0 Å². The highest BCUT2D eigenvalue weighted by Gasteiger charge is 2.46. The van der Waals surface area contributed by atoms with Crippen molar-refractivity contribution < 1.29 is 19.5 Å². The topological polar surface area (TPSA) is 101 Å². The van der Waals surface area contributed by atoms with Gasteiger partial charge in [0.15, 0.2) is 0 Å². The number of hydrogen-bond donors (Lipinski definition) is 2. The summed E-state index contributed by atoms with van der Waals surface area (Å²) in [7, 11) is 0. The molecule has 1 saturated carbocycles. The smallest absolute Gasteiger partial charge is 0.310 e. The van der Waals surface area contributed by atoms with Crippen molar-refractivity contribution in [3.8, 4) is 0 Å². The van der Waals surface area contributed by atoms with Gasteiger partial charge < -0.3 is 15.7 Å². The highest BCUT2D eigenvalue weighted by atomic mass is 16.4. The van der Waals surface area contributed by atoms with Crippen molar-refractivity contribution in [2.75, 3.05) is 13.1 Å². The molecular weight excluding hydrogens is 260 g/mol. The van der Waals surface area contributed by atoms with E-state index in [2.05, 4.69) is 0 Å². The van der Waals surface area contributed by atoms with E-state index in [1.54, 1.807) is 11.8 Å². The third-order valence-corrected chi connectivity index (χ3v) is 4.92. The van der Waals surface area contributed by atoms with Crippen LogP contribution in [0.4, 0.5) is 0 Å². The van der Waals surface area contributed by atoms with Gasteiger partial charge in [-0.2, -0.15) is 0 Å². The van der Waals surface area contributed by atoms with E-state index in [0.29, 0.717) is 32.4 Å². The Morgan fingerprint density at radius 1 is 1.20 bits per heavy atom. The maximum absolute atomic E-state index is 12.3. The van der Waals surface area contributed by atoms with Gasteiger partial charge >= 0.3 is 5.97 Å². The molecule has 1 unspecified atom stereocenters. The van der Waals surface area contributed by atoms with Crippen LogP contribution in [-0.2, 0) is 14.4 Å². The third kappa shape index (κ3) is 2.51. The van der Waals surface area contributed by atoms with Gasteiger partial charge in [-0.25, -0.2) is 0 Å². The van der Waals surface area contributed by atoms with Crippen LogP contribution in [0.3, 0.4) is 0 Å². The monoisotopic (exact) mass is 282 g/mol. The molecule has 1 saturated heterocycles. The quantitative estimate of drug-likeness (QED) is 0.794. The number of primary amides is 1. The zero-order valence-electron chi connectivity index (χ0n) is 11.9. The molecule has 0 radical (unpaired) electrons. The van der Waals surface area contributed by atoms with E-state index in [1.165, 1.54) is 0 Å². The van der Waals surface area contributed by atoms with Crippen molar-refractivity contribution in [2.45, 2.75) is 45.4 Å². The standard InChI is InChI=1S/C14H22N2O4/c1-13(11(15)18)6-7-16(9-13)10(17)8-14(12(19)20)4-2-3-5-14/h2-9H2,1H3,(H2,15,18)(H,19,20).